The van der Waals surface area contributed by atoms with Gasteiger partial charge in [-0.25, -0.2) is 9.59 Å². The molecule has 0 aromatic rings. The van der Waals surface area contributed by atoms with Crippen LogP contribution < -0.4 is 0 Å². The van der Waals surface area contributed by atoms with Crippen LogP contribution in [-0.4, -0.2) is 54.2 Å². The Labute approximate surface area is 158 Å². The largest absolute Gasteiger partial charge is 0.480 e. The van der Waals surface area contributed by atoms with E-state index in [1.807, 2.05) is 13.8 Å². The first-order valence-electron chi connectivity index (χ1n) is 9.77. The fourth-order valence-electron chi connectivity index (χ4n) is 5.66. The molecule has 0 aromatic carbocycles. The number of carbonyl (C=O) groups excluding carboxylic acids is 1. The normalized spacial score (nSPS) is 48.0. The van der Waals surface area contributed by atoms with E-state index in [2.05, 4.69) is 6.92 Å². The molecule has 0 aromatic heterocycles. The zero-order valence-electron chi connectivity index (χ0n) is 16.0. The summed E-state index contributed by atoms with van der Waals surface area (Å²) in [5.74, 6) is -1.39. The van der Waals surface area contributed by atoms with Gasteiger partial charge >= 0.3 is 11.9 Å². The van der Waals surface area contributed by atoms with Gasteiger partial charge in [-0.2, -0.15) is 0 Å². The summed E-state index contributed by atoms with van der Waals surface area (Å²) >= 11 is 0. The van der Waals surface area contributed by atoms with Gasteiger partial charge in [0.1, 0.15) is 18.8 Å². The molecule has 1 N–H and O–H groups in total. The van der Waals surface area contributed by atoms with E-state index in [0.29, 0.717) is 11.8 Å². The van der Waals surface area contributed by atoms with Gasteiger partial charge in [0.05, 0.1) is 0 Å². The van der Waals surface area contributed by atoms with Crippen LogP contribution in [0.4, 0.5) is 0 Å². The molecule has 4 aliphatic rings. The molecule has 8 atom stereocenters. The van der Waals surface area contributed by atoms with Crippen LogP contribution in [0, 0.1) is 23.7 Å². The van der Waals surface area contributed by atoms with Gasteiger partial charge in [-0.1, -0.05) is 13.8 Å². The molecule has 0 radical (unpaired) electrons. The molecule has 152 valence electrons. The van der Waals surface area contributed by atoms with Gasteiger partial charge in [-0.15, -0.1) is 0 Å². The van der Waals surface area contributed by atoms with Crippen LogP contribution in [-0.2, 0) is 33.3 Å². The lowest BCUT2D eigenvalue weighted by Crippen LogP contribution is -2.66. The van der Waals surface area contributed by atoms with E-state index in [1.165, 1.54) is 0 Å². The molecule has 3 heterocycles. The number of carboxylic acid groups (broad SMARTS) is 1. The zero-order valence-corrected chi connectivity index (χ0v) is 16.0. The molecule has 1 aliphatic carbocycles. The average Bonchev–Trinajstić information content (AvgIpc) is 2.80. The van der Waals surface area contributed by atoms with Gasteiger partial charge in [0, 0.05) is 18.3 Å². The first-order chi connectivity index (χ1) is 12.7. The Morgan fingerprint density at radius 3 is 2.67 bits per heavy atom. The fraction of sp³-hybridized carbons (Fsp3) is 0.895. The van der Waals surface area contributed by atoms with E-state index in [-0.39, 0.29) is 11.8 Å². The topological polar surface area (TPSA) is 101 Å². The molecule has 1 unspecified atom stereocenters. The van der Waals surface area contributed by atoms with Crippen molar-refractivity contribution in [1.82, 2.24) is 0 Å². The second-order valence-corrected chi connectivity index (χ2v) is 8.59. The van der Waals surface area contributed by atoms with Gasteiger partial charge in [0.15, 0.2) is 12.1 Å². The van der Waals surface area contributed by atoms with Crippen molar-refractivity contribution in [3.05, 3.63) is 0 Å². The zero-order chi connectivity index (χ0) is 19.4. The Balaban J connectivity index is 1.50. The van der Waals surface area contributed by atoms with Gasteiger partial charge in [0.25, 0.3) is 0 Å². The molecule has 3 saturated heterocycles. The second-order valence-electron chi connectivity index (χ2n) is 8.59. The van der Waals surface area contributed by atoms with Crippen LogP contribution >= 0.6 is 0 Å². The molecule has 4 fully saturated rings. The molecule has 3 aliphatic heterocycles. The molecule has 2 bridgehead atoms. The monoisotopic (exact) mass is 384 g/mol. The van der Waals surface area contributed by atoms with E-state index in [9.17, 15) is 9.59 Å². The van der Waals surface area contributed by atoms with Gasteiger partial charge in [0.2, 0.25) is 6.29 Å². The fourth-order valence-corrected chi connectivity index (χ4v) is 5.66. The third-order valence-electron chi connectivity index (χ3n) is 6.82. The first-order valence-corrected chi connectivity index (χ1v) is 9.77. The maximum absolute atomic E-state index is 12.1. The minimum atomic E-state index is -1.13. The van der Waals surface area contributed by atoms with E-state index in [1.54, 1.807) is 0 Å². The summed E-state index contributed by atoms with van der Waals surface area (Å²) in [6.07, 6.45) is 2.65. The van der Waals surface area contributed by atoms with Crippen LogP contribution in [0.5, 0.6) is 0 Å². The van der Waals surface area contributed by atoms with E-state index in [4.69, 9.17) is 28.8 Å². The van der Waals surface area contributed by atoms with Crippen LogP contribution in [0.15, 0.2) is 0 Å². The number of carbonyl (C=O) groups is 2. The SMILES string of the molecule is C[C@H]1[C@@H](OC(=O)COCC(=O)O)O[C@@H]2OC3(C)CC[C@H]4[C@H](C)CC[C@@H]1[C@@]24O3. The second kappa shape index (κ2) is 6.69. The molecule has 27 heavy (non-hydrogen) atoms. The summed E-state index contributed by atoms with van der Waals surface area (Å²) in [4.78, 5) is 22.5. The number of rotatable bonds is 5. The van der Waals surface area contributed by atoms with Crippen LogP contribution in [0.25, 0.3) is 0 Å². The number of fused-ring (bicyclic) bond motifs is 1. The van der Waals surface area contributed by atoms with Crippen molar-refractivity contribution in [1.29, 1.82) is 0 Å². The smallest absolute Gasteiger partial charge is 0.334 e. The number of esters is 1. The number of hydrogen-bond donors (Lipinski definition) is 1. The highest BCUT2D eigenvalue weighted by atomic mass is 16.9. The lowest BCUT2D eigenvalue weighted by molar-refractivity contribution is -0.329. The molecule has 8 heteroatoms. The summed E-state index contributed by atoms with van der Waals surface area (Å²) in [6, 6.07) is 0. The lowest BCUT2D eigenvalue weighted by Gasteiger charge is -2.58. The van der Waals surface area contributed by atoms with E-state index < -0.39 is 49.1 Å². The molecular weight excluding hydrogens is 356 g/mol. The highest BCUT2D eigenvalue weighted by Crippen LogP contribution is 2.63. The first kappa shape index (κ1) is 19.1. The van der Waals surface area contributed by atoms with Crippen LogP contribution in [0.3, 0.4) is 0 Å². The van der Waals surface area contributed by atoms with E-state index in [0.717, 1.165) is 25.7 Å². The molecule has 1 spiro atoms. The highest BCUT2D eigenvalue weighted by molar-refractivity contribution is 5.72. The maximum Gasteiger partial charge on any atom is 0.334 e. The Kier molecular flexibility index (Phi) is 4.73. The molecule has 1 saturated carbocycles. The number of carboxylic acids is 1. The minimum Gasteiger partial charge on any atom is -0.480 e. The summed E-state index contributed by atoms with van der Waals surface area (Å²) in [7, 11) is 0. The Morgan fingerprint density at radius 1 is 1.15 bits per heavy atom. The quantitative estimate of drug-likeness (QED) is 0.718. The standard InChI is InChI=1S/C19H28O8/c1-10-4-5-13-11(2)16(24-15(22)9-23-8-14(20)21)25-17-19(13)12(10)6-7-18(3,26-17)27-19/h10-13,16-17H,4-9H2,1-3H3,(H,20,21)/t10-,11-,12+,13+,16+,17-,18?,19-/m1/s1. The summed E-state index contributed by atoms with van der Waals surface area (Å²) < 4.78 is 29.1. The van der Waals surface area contributed by atoms with Crippen molar-refractivity contribution < 1.29 is 38.4 Å². The number of ether oxygens (including phenoxy) is 5. The summed E-state index contributed by atoms with van der Waals surface area (Å²) in [5, 5.41) is 8.59. The summed E-state index contributed by atoms with van der Waals surface area (Å²) in [5.41, 5.74) is -0.479. The maximum atomic E-state index is 12.1. The van der Waals surface area contributed by atoms with Crippen molar-refractivity contribution in [2.24, 2.45) is 23.7 Å². The van der Waals surface area contributed by atoms with Crippen LogP contribution in [0.1, 0.15) is 46.5 Å². The van der Waals surface area contributed by atoms with Crippen molar-refractivity contribution in [3.63, 3.8) is 0 Å². The number of hydrogen-bond acceptors (Lipinski definition) is 7. The average molecular weight is 384 g/mol. The van der Waals surface area contributed by atoms with Gasteiger partial charge in [-0.05, 0) is 38.0 Å². The van der Waals surface area contributed by atoms with Crippen molar-refractivity contribution in [2.45, 2.75) is 70.4 Å². The highest BCUT2D eigenvalue weighted by Gasteiger charge is 2.71. The van der Waals surface area contributed by atoms with Crippen LogP contribution in [0.2, 0.25) is 0 Å². The van der Waals surface area contributed by atoms with Crippen molar-refractivity contribution in [3.8, 4) is 0 Å². The van der Waals surface area contributed by atoms with Crippen molar-refractivity contribution in [2.75, 3.05) is 13.2 Å². The number of aliphatic carboxylic acids is 1. The molecule has 8 nitrogen and oxygen atoms in total. The minimum absolute atomic E-state index is 0.0521. The third kappa shape index (κ3) is 3.06. The Hall–Kier alpha value is -1.22. The lowest BCUT2D eigenvalue weighted by atomic mass is 9.57. The predicted molar refractivity (Wildman–Crippen MR) is 90.3 cm³/mol. The van der Waals surface area contributed by atoms with Crippen molar-refractivity contribution >= 4 is 11.9 Å². The van der Waals surface area contributed by atoms with E-state index >= 15 is 0 Å². The molecule has 0 amide bonds. The predicted octanol–water partition coefficient (Wildman–Crippen LogP) is 1.91. The Bertz CT molecular complexity index is 623. The Morgan fingerprint density at radius 2 is 1.93 bits per heavy atom. The van der Waals surface area contributed by atoms with Gasteiger partial charge < -0.3 is 28.8 Å². The third-order valence-corrected chi connectivity index (χ3v) is 6.82. The van der Waals surface area contributed by atoms with Gasteiger partial charge in [-0.3, -0.25) is 0 Å². The molecule has 4 rings (SSSR count). The summed E-state index contributed by atoms with van der Waals surface area (Å²) in [6.45, 7) is 5.29. The molecular formula is C19H28O8.